The number of hydrogen-bond acceptors (Lipinski definition) is 3. The molecule has 0 heterocycles. The van der Waals surface area contributed by atoms with Gasteiger partial charge in [0.2, 0.25) is 0 Å². The highest BCUT2D eigenvalue weighted by Gasteiger charge is 2.35. The molecule has 3 nitrogen and oxygen atoms in total. The summed E-state index contributed by atoms with van der Waals surface area (Å²) in [5.74, 6) is 0.582. The SMILES string of the molecule is CCCCCS(=O)(=O)C1CCCC1CN. The smallest absolute Gasteiger partial charge is 0.153 e. The number of unbranched alkanes of at least 4 members (excludes halogenated alkanes) is 2. The number of sulfone groups is 1. The van der Waals surface area contributed by atoms with Crippen LogP contribution in [-0.2, 0) is 9.84 Å². The third kappa shape index (κ3) is 3.45. The first kappa shape index (κ1) is 13.0. The maximum Gasteiger partial charge on any atom is 0.153 e. The van der Waals surface area contributed by atoms with Crippen molar-refractivity contribution in [2.24, 2.45) is 11.7 Å². The summed E-state index contributed by atoms with van der Waals surface area (Å²) < 4.78 is 24.0. The summed E-state index contributed by atoms with van der Waals surface area (Å²) in [7, 11) is -2.87. The van der Waals surface area contributed by atoms with Crippen LogP contribution in [0.1, 0.15) is 45.4 Å². The van der Waals surface area contributed by atoms with Gasteiger partial charge in [-0.3, -0.25) is 0 Å². The Morgan fingerprint density at radius 3 is 2.60 bits per heavy atom. The van der Waals surface area contributed by atoms with Crippen molar-refractivity contribution in [3.63, 3.8) is 0 Å². The van der Waals surface area contributed by atoms with E-state index in [1.165, 1.54) is 0 Å². The van der Waals surface area contributed by atoms with Crippen LogP contribution in [0.25, 0.3) is 0 Å². The normalized spacial score (nSPS) is 27.1. The van der Waals surface area contributed by atoms with E-state index in [0.29, 0.717) is 12.3 Å². The molecule has 0 amide bonds. The van der Waals surface area contributed by atoms with Gasteiger partial charge in [-0.2, -0.15) is 0 Å². The van der Waals surface area contributed by atoms with Crippen LogP contribution in [0.5, 0.6) is 0 Å². The summed E-state index contributed by atoms with van der Waals surface area (Å²) in [6.45, 7) is 2.61. The van der Waals surface area contributed by atoms with E-state index >= 15 is 0 Å². The van der Waals surface area contributed by atoms with Crippen molar-refractivity contribution in [2.75, 3.05) is 12.3 Å². The van der Waals surface area contributed by atoms with Gasteiger partial charge in [-0.25, -0.2) is 8.42 Å². The van der Waals surface area contributed by atoms with Gasteiger partial charge in [0.05, 0.1) is 11.0 Å². The van der Waals surface area contributed by atoms with Gasteiger partial charge < -0.3 is 5.73 Å². The fourth-order valence-electron chi connectivity index (χ4n) is 2.45. The monoisotopic (exact) mass is 233 g/mol. The van der Waals surface area contributed by atoms with Crippen molar-refractivity contribution in [3.05, 3.63) is 0 Å². The van der Waals surface area contributed by atoms with Crippen molar-refractivity contribution in [3.8, 4) is 0 Å². The van der Waals surface area contributed by atoms with E-state index in [4.69, 9.17) is 5.73 Å². The summed E-state index contributed by atoms with van der Waals surface area (Å²) in [6, 6.07) is 0. The van der Waals surface area contributed by atoms with Crippen LogP contribution >= 0.6 is 0 Å². The molecule has 4 heteroatoms. The van der Waals surface area contributed by atoms with E-state index in [2.05, 4.69) is 6.92 Å². The van der Waals surface area contributed by atoms with Crippen LogP contribution < -0.4 is 5.73 Å². The van der Waals surface area contributed by atoms with Crippen LogP contribution in [0, 0.1) is 5.92 Å². The highest BCUT2D eigenvalue weighted by atomic mass is 32.2. The lowest BCUT2D eigenvalue weighted by Gasteiger charge is -2.18. The molecule has 2 unspecified atom stereocenters. The summed E-state index contributed by atoms with van der Waals surface area (Å²) in [6.07, 6.45) is 5.75. The molecule has 1 aliphatic rings. The van der Waals surface area contributed by atoms with E-state index in [1.54, 1.807) is 0 Å². The van der Waals surface area contributed by atoms with Gasteiger partial charge in [0.1, 0.15) is 0 Å². The predicted molar refractivity (Wildman–Crippen MR) is 63.5 cm³/mol. The number of nitrogens with two attached hydrogens (primary N) is 1. The maximum absolute atomic E-state index is 12.0. The molecule has 2 atom stereocenters. The Kier molecular flexibility index (Phi) is 5.06. The Morgan fingerprint density at radius 1 is 1.27 bits per heavy atom. The molecule has 2 N–H and O–H groups in total. The Bertz CT molecular complexity index is 274. The third-order valence-corrected chi connectivity index (χ3v) is 5.79. The van der Waals surface area contributed by atoms with Crippen LogP contribution in [0.3, 0.4) is 0 Å². The first-order valence-electron chi connectivity index (χ1n) is 6.03. The van der Waals surface area contributed by atoms with Crippen LogP contribution in [-0.4, -0.2) is 26.0 Å². The van der Waals surface area contributed by atoms with Gasteiger partial charge in [-0.15, -0.1) is 0 Å². The topological polar surface area (TPSA) is 60.2 Å². The summed E-state index contributed by atoms with van der Waals surface area (Å²) >= 11 is 0. The predicted octanol–water partition coefficient (Wildman–Crippen LogP) is 1.72. The lowest BCUT2D eigenvalue weighted by Crippen LogP contribution is -2.32. The molecule has 0 aliphatic heterocycles. The molecular formula is C11H23NO2S. The first-order chi connectivity index (χ1) is 7.11. The first-order valence-corrected chi connectivity index (χ1v) is 7.75. The molecule has 15 heavy (non-hydrogen) atoms. The van der Waals surface area contributed by atoms with Crippen molar-refractivity contribution in [1.82, 2.24) is 0 Å². The molecule has 1 fully saturated rings. The highest BCUT2D eigenvalue weighted by Crippen LogP contribution is 2.31. The number of hydrogen-bond donors (Lipinski definition) is 1. The van der Waals surface area contributed by atoms with Gasteiger partial charge in [-0.05, 0) is 31.7 Å². The molecule has 0 bridgehead atoms. The van der Waals surface area contributed by atoms with Gasteiger partial charge in [0.15, 0.2) is 9.84 Å². The summed E-state index contributed by atoms with van der Waals surface area (Å²) in [5.41, 5.74) is 5.61. The summed E-state index contributed by atoms with van der Waals surface area (Å²) in [5, 5.41) is -0.139. The minimum Gasteiger partial charge on any atom is -0.330 e. The molecule has 0 saturated heterocycles. The van der Waals surface area contributed by atoms with Crippen LogP contribution in [0.4, 0.5) is 0 Å². The Labute approximate surface area is 93.3 Å². The standard InChI is InChI=1S/C11H23NO2S/c1-2-3-4-8-15(13,14)11-7-5-6-10(11)9-12/h10-11H,2-9,12H2,1H3. The lowest BCUT2D eigenvalue weighted by molar-refractivity contribution is 0.521. The Hall–Kier alpha value is -0.0900. The van der Waals surface area contributed by atoms with E-state index in [1.807, 2.05) is 0 Å². The fraction of sp³-hybridized carbons (Fsp3) is 1.00. The summed E-state index contributed by atoms with van der Waals surface area (Å²) in [4.78, 5) is 0. The van der Waals surface area contributed by atoms with Crippen molar-refractivity contribution in [2.45, 2.75) is 50.7 Å². The molecular weight excluding hydrogens is 210 g/mol. The second kappa shape index (κ2) is 5.85. The highest BCUT2D eigenvalue weighted by molar-refractivity contribution is 7.92. The van der Waals surface area contributed by atoms with Crippen LogP contribution in [0.15, 0.2) is 0 Å². The van der Waals surface area contributed by atoms with E-state index in [9.17, 15) is 8.42 Å². The molecule has 90 valence electrons. The molecule has 0 aromatic heterocycles. The fourth-order valence-corrected chi connectivity index (χ4v) is 4.72. The average molecular weight is 233 g/mol. The molecule has 0 spiro atoms. The van der Waals surface area contributed by atoms with Gasteiger partial charge >= 0.3 is 0 Å². The Balaban J connectivity index is 2.52. The zero-order valence-corrected chi connectivity index (χ0v) is 10.4. The minimum atomic E-state index is -2.87. The largest absolute Gasteiger partial charge is 0.330 e. The molecule has 0 radical (unpaired) electrons. The van der Waals surface area contributed by atoms with Gasteiger partial charge in [0.25, 0.3) is 0 Å². The second-order valence-corrected chi connectivity index (χ2v) is 6.88. The van der Waals surface area contributed by atoms with Gasteiger partial charge in [0, 0.05) is 0 Å². The zero-order chi connectivity index (χ0) is 11.3. The number of rotatable bonds is 6. The van der Waals surface area contributed by atoms with E-state index < -0.39 is 9.84 Å². The Morgan fingerprint density at radius 2 is 2.00 bits per heavy atom. The van der Waals surface area contributed by atoms with Gasteiger partial charge in [-0.1, -0.05) is 26.2 Å². The lowest BCUT2D eigenvalue weighted by atomic mass is 10.1. The van der Waals surface area contributed by atoms with E-state index in [0.717, 1.165) is 38.5 Å². The third-order valence-electron chi connectivity index (χ3n) is 3.39. The second-order valence-electron chi connectivity index (χ2n) is 4.54. The van der Waals surface area contributed by atoms with Crippen molar-refractivity contribution in [1.29, 1.82) is 0 Å². The van der Waals surface area contributed by atoms with E-state index in [-0.39, 0.29) is 11.2 Å². The molecule has 0 aromatic carbocycles. The maximum atomic E-state index is 12.0. The minimum absolute atomic E-state index is 0.139. The zero-order valence-electron chi connectivity index (χ0n) is 9.61. The van der Waals surface area contributed by atoms with Crippen LogP contribution in [0.2, 0.25) is 0 Å². The quantitative estimate of drug-likeness (QED) is 0.711. The molecule has 1 saturated carbocycles. The van der Waals surface area contributed by atoms with Crippen molar-refractivity contribution >= 4 is 9.84 Å². The average Bonchev–Trinajstić information content (AvgIpc) is 2.66. The molecule has 1 aliphatic carbocycles. The van der Waals surface area contributed by atoms with Crippen molar-refractivity contribution < 1.29 is 8.42 Å². The molecule has 0 aromatic rings. The molecule has 1 rings (SSSR count).